The first-order valence-corrected chi connectivity index (χ1v) is 19.1. The third kappa shape index (κ3) is 5.44. The largest absolute Gasteiger partial charge is 0.248 e. The van der Waals surface area contributed by atoms with E-state index in [1.807, 2.05) is 0 Å². The average Bonchev–Trinajstić information content (AvgIpc) is 3.58. The van der Waals surface area contributed by atoms with Gasteiger partial charge in [0.15, 0.2) is 0 Å². The van der Waals surface area contributed by atoms with E-state index in [1.54, 1.807) is 0 Å². The molecule has 0 atom stereocenters. The van der Waals surface area contributed by atoms with Gasteiger partial charge in [0.05, 0.1) is 11.4 Å². The van der Waals surface area contributed by atoms with Crippen LogP contribution in [0.4, 0.5) is 0 Å². The Balaban J connectivity index is 1.31. The fourth-order valence-electron chi connectivity index (χ4n) is 9.23. The van der Waals surface area contributed by atoms with E-state index >= 15 is 0 Å². The van der Waals surface area contributed by atoms with Gasteiger partial charge in [0.2, 0.25) is 0 Å². The Hall–Kier alpha value is -3.97. The maximum Gasteiger partial charge on any atom is 0.0709 e. The van der Waals surface area contributed by atoms with Crippen LogP contribution in [0.15, 0.2) is 103 Å². The molecule has 0 bridgehead atoms. The van der Waals surface area contributed by atoms with Crippen LogP contribution in [-0.4, -0.2) is 4.98 Å². The molecule has 0 fully saturated rings. The highest BCUT2D eigenvalue weighted by atomic mass is 14.7. The maximum absolute atomic E-state index is 5.41. The molecule has 1 aromatic heterocycles. The van der Waals surface area contributed by atoms with E-state index in [9.17, 15) is 0 Å². The highest BCUT2D eigenvalue weighted by Gasteiger charge is 2.43. The summed E-state index contributed by atoms with van der Waals surface area (Å²) < 4.78 is 0. The zero-order valence-electron chi connectivity index (χ0n) is 29.7. The molecule has 4 aromatic carbocycles. The second kappa shape index (κ2) is 13.9. The number of rotatable bonds is 14. The standard InChI is InChI=1S/C47H53N/c1-5-9-28-46(29-10-6-2)40-20-15-13-18-36(40)38-26-24-34(32-42(38)46)44-22-17-23-45(48-44)35-25-27-39-37-19-14-16-21-41(37)47(30-11-7-3,31-12-8-4)43(39)33-35/h13-27,32-33H,5-12,28-31H2,1-4H3. The molecule has 2 aliphatic carbocycles. The number of unbranched alkanes of at least 4 members (excludes halogenated alkanes) is 4. The van der Waals surface area contributed by atoms with Crippen molar-refractivity contribution in [1.82, 2.24) is 4.98 Å². The highest BCUT2D eigenvalue weighted by molar-refractivity contribution is 5.85. The summed E-state index contributed by atoms with van der Waals surface area (Å²) in [7, 11) is 0. The maximum atomic E-state index is 5.41. The number of pyridine rings is 1. The molecule has 48 heavy (non-hydrogen) atoms. The molecule has 0 spiro atoms. The van der Waals surface area contributed by atoms with Gasteiger partial charge < -0.3 is 0 Å². The van der Waals surface area contributed by atoms with E-state index in [2.05, 4.69) is 131 Å². The van der Waals surface area contributed by atoms with Crippen molar-refractivity contribution in [3.05, 3.63) is 125 Å². The zero-order chi connectivity index (χ0) is 33.1. The Morgan fingerprint density at radius 3 is 1.17 bits per heavy atom. The van der Waals surface area contributed by atoms with Gasteiger partial charge in [-0.3, -0.25) is 0 Å². The minimum absolute atomic E-state index is 0.0842. The molecule has 1 heterocycles. The summed E-state index contributed by atoms with van der Waals surface area (Å²) in [6.07, 6.45) is 14.7. The van der Waals surface area contributed by atoms with Gasteiger partial charge in [-0.2, -0.15) is 0 Å². The fraction of sp³-hybridized carbons (Fsp3) is 0.383. The van der Waals surface area contributed by atoms with E-state index in [0.717, 1.165) is 11.4 Å². The van der Waals surface area contributed by atoms with Crippen LogP contribution in [0.5, 0.6) is 0 Å². The lowest BCUT2D eigenvalue weighted by molar-refractivity contribution is 0.414. The van der Waals surface area contributed by atoms with Crippen LogP contribution in [0, 0.1) is 0 Å². The third-order valence-electron chi connectivity index (χ3n) is 11.7. The van der Waals surface area contributed by atoms with Crippen LogP contribution < -0.4 is 0 Å². The SMILES string of the molecule is CCCCC1(CCCC)c2ccccc2-c2ccc(-c3cccc(-c4ccc5c(c4)C(CCCC)(CCCC)c4ccccc4-5)n3)cc21. The van der Waals surface area contributed by atoms with Crippen molar-refractivity contribution < 1.29 is 0 Å². The van der Waals surface area contributed by atoms with Crippen LogP contribution >= 0.6 is 0 Å². The van der Waals surface area contributed by atoms with Gasteiger partial charge in [0.1, 0.15) is 0 Å². The summed E-state index contributed by atoms with van der Waals surface area (Å²) in [6, 6.07) is 39.5. The minimum atomic E-state index is 0.0842. The first-order valence-electron chi connectivity index (χ1n) is 19.1. The number of benzene rings is 4. The summed E-state index contributed by atoms with van der Waals surface area (Å²) in [4.78, 5) is 5.41. The first-order chi connectivity index (χ1) is 23.6. The molecule has 1 heteroatoms. The Morgan fingerprint density at radius 2 is 0.771 bits per heavy atom. The number of nitrogens with zero attached hydrogens (tertiary/aromatic N) is 1. The van der Waals surface area contributed by atoms with Gasteiger partial charge >= 0.3 is 0 Å². The second-order valence-electron chi connectivity index (χ2n) is 14.6. The van der Waals surface area contributed by atoms with Crippen molar-refractivity contribution in [2.75, 3.05) is 0 Å². The number of fused-ring (bicyclic) bond motifs is 6. The van der Waals surface area contributed by atoms with Gasteiger partial charge in [0, 0.05) is 22.0 Å². The van der Waals surface area contributed by atoms with Gasteiger partial charge in [-0.25, -0.2) is 4.98 Å². The molecule has 0 unspecified atom stereocenters. The van der Waals surface area contributed by atoms with Crippen molar-refractivity contribution in [3.8, 4) is 44.8 Å². The third-order valence-corrected chi connectivity index (χ3v) is 11.7. The fourth-order valence-corrected chi connectivity index (χ4v) is 9.23. The van der Waals surface area contributed by atoms with Gasteiger partial charge in [-0.15, -0.1) is 0 Å². The predicted molar refractivity (Wildman–Crippen MR) is 206 cm³/mol. The van der Waals surface area contributed by atoms with Crippen molar-refractivity contribution in [2.24, 2.45) is 0 Å². The zero-order valence-corrected chi connectivity index (χ0v) is 29.7. The minimum Gasteiger partial charge on any atom is -0.248 e. The lowest BCUT2D eigenvalue weighted by atomic mass is 9.70. The van der Waals surface area contributed by atoms with E-state index in [-0.39, 0.29) is 10.8 Å². The molecule has 0 saturated carbocycles. The number of hydrogen-bond acceptors (Lipinski definition) is 1. The van der Waals surface area contributed by atoms with E-state index in [0.29, 0.717) is 0 Å². The molecular formula is C47H53N. The number of hydrogen-bond donors (Lipinski definition) is 0. The topological polar surface area (TPSA) is 12.9 Å². The molecule has 1 nitrogen and oxygen atoms in total. The molecule has 2 aliphatic rings. The molecule has 246 valence electrons. The van der Waals surface area contributed by atoms with Crippen LogP contribution in [0.1, 0.15) is 127 Å². The van der Waals surface area contributed by atoms with Gasteiger partial charge in [0.25, 0.3) is 0 Å². The summed E-state index contributed by atoms with van der Waals surface area (Å²) in [5.74, 6) is 0. The molecular weight excluding hydrogens is 579 g/mol. The summed E-state index contributed by atoms with van der Waals surface area (Å²) in [6.45, 7) is 9.32. The Labute approximate surface area is 289 Å². The van der Waals surface area contributed by atoms with Crippen molar-refractivity contribution in [1.29, 1.82) is 0 Å². The first kappa shape index (κ1) is 32.6. The Morgan fingerprint density at radius 1 is 0.396 bits per heavy atom. The monoisotopic (exact) mass is 631 g/mol. The van der Waals surface area contributed by atoms with E-state index in [1.165, 1.54) is 133 Å². The normalized spacial score (nSPS) is 14.8. The second-order valence-corrected chi connectivity index (χ2v) is 14.6. The predicted octanol–water partition coefficient (Wildman–Crippen LogP) is 13.7. The van der Waals surface area contributed by atoms with Crippen molar-refractivity contribution in [3.63, 3.8) is 0 Å². The number of aromatic nitrogens is 1. The van der Waals surface area contributed by atoms with Crippen LogP contribution in [0.25, 0.3) is 44.8 Å². The lowest BCUT2D eigenvalue weighted by Gasteiger charge is -2.33. The molecule has 0 radical (unpaired) electrons. The Kier molecular flexibility index (Phi) is 9.41. The van der Waals surface area contributed by atoms with Crippen LogP contribution in [0.2, 0.25) is 0 Å². The summed E-state index contributed by atoms with van der Waals surface area (Å²) in [5, 5.41) is 0. The van der Waals surface area contributed by atoms with Crippen LogP contribution in [-0.2, 0) is 10.8 Å². The smallest absolute Gasteiger partial charge is 0.0709 e. The molecule has 0 amide bonds. The molecule has 7 rings (SSSR count). The average molecular weight is 632 g/mol. The van der Waals surface area contributed by atoms with Gasteiger partial charge in [-0.05, 0) is 94.5 Å². The molecule has 0 N–H and O–H groups in total. The van der Waals surface area contributed by atoms with Crippen molar-refractivity contribution >= 4 is 0 Å². The highest BCUT2D eigenvalue weighted by Crippen LogP contribution is 2.56. The van der Waals surface area contributed by atoms with Gasteiger partial charge in [-0.1, -0.05) is 158 Å². The quantitative estimate of drug-likeness (QED) is 0.119. The van der Waals surface area contributed by atoms with E-state index < -0.39 is 0 Å². The lowest BCUT2D eigenvalue weighted by Crippen LogP contribution is -2.25. The summed E-state index contributed by atoms with van der Waals surface area (Å²) in [5.41, 5.74) is 16.6. The van der Waals surface area contributed by atoms with Crippen molar-refractivity contribution in [2.45, 2.75) is 116 Å². The molecule has 5 aromatic rings. The Bertz CT molecular complexity index is 1740. The summed E-state index contributed by atoms with van der Waals surface area (Å²) >= 11 is 0. The van der Waals surface area contributed by atoms with E-state index in [4.69, 9.17) is 4.98 Å². The molecule has 0 saturated heterocycles. The van der Waals surface area contributed by atoms with Crippen LogP contribution in [0.3, 0.4) is 0 Å². The molecule has 0 aliphatic heterocycles.